The minimum Gasteiger partial charge on any atom is -0.468 e. The fourth-order valence-corrected chi connectivity index (χ4v) is 2.01. The van der Waals surface area contributed by atoms with E-state index in [1.54, 1.807) is 0 Å². The number of imidazole rings is 1. The summed E-state index contributed by atoms with van der Waals surface area (Å²) in [6.45, 7) is 1.39. The van der Waals surface area contributed by atoms with Crippen molar-refractivity contribution in [3.05, 3.63) is 12.5 Å². The zero-order valence-corrected chi connectivity index (χ0v) is 9.04. The molecule has 8 heteroatoms. The van der Waals surface area contributed by atoms with Crippen LogP contribution in [0.4, 0.5) is 0 Å². The second-order valence-corrected chi connectivity index (χ2v) is 4.46. The second-order valence-electron chi connectivity index (χ2n) is 2.78. The van der Waals surface area contributed by atoms with E-state index in [0.717, 1.165) is 6.20 Å². The van der Waals surface area contributed by atoms with E-state index in [1.165, 1.54) is 20.4 Å². The standard InChI is InChI=1S/C7H11N3O4S/c1-5(7(11)14-2)10-15(12,13)6-3-8-4-9-6/h3-5,10H,1-2H3,(H,8,9). The van der Waals surface area contributed by atoms with Crippen LogP contribution in [-0.2, 0) is 19.6 Å². The molecule has 15 heavy (non-hydrogen) atoms. The van der Waals surface area contributed by atoms with E-state index in [1.807, 2.05) is 0 Å². The van der Waals surface area contributed by atoms with Crippen molar-refractivity contribution >= 4 is 16.0 Å². The van der Waals surface area contributed by atoms with Gasteiger partial charge in [0.2, 0.25) is 0 Å². The maximum Gasteiger partial charge on any atom is 0.323 e. The number of nitrogens with zero attached hydrogens (tertiary/aromatic N) is 1. The molecule has 1 aromatic rings. The summed E-state index contributed by atoms with van der Waals surface area (Å²) in [6, 6.07) is -0.941. The van der Waals surface area contributed by atoms with Crippen LogP contribution in [0.1, 0.15) is 6.92 Å². The van der Waals surface area contributed by atoms with Crippen LogP contribution in [0, 0.1) is 0 Å². The first kappa shape index (κ1) is 11.7. The van der Waals surface area contributed by atoms with Crippen molar-refractivity contribution in [1.29, 1.82) is 0 Å². The SMILES string of the molecule is COC(=O)C(C)NS(=O)(=O)c1cnc[nH]1. The lowest BCUT2D eigenvalue weighted by Gasteiger charge is -2.10. The summed E-state index contributed by atoms with van der Waals surface area (Å²) in [5.74, 6) is -0.655. The lowest BCUT2D eigenvalue weighted by molar-refractivity contribution is -0.142. The van der Waals surface area contributed by atoms with Crippen LogP contribution in [-0.4, -0.2) is 37.5 Å². The van der Waals surface area contributed by atoms with E-state index in [9.17, 15) is 13.2 Å². The summed E-state index contributed by atoms with van der Waals surface area (Å²) < 4.78 is 29.6. The van der Waals surface area contributed by atoms with Gasteiger partial charge in [-0.05, 0) is 6.92 Å². The number of aromatic nitrogens is 2. The highest BCUT2D eigenvalue weighted by Crippen LogP contribution is 2.03. The molecule has 0 saturated heterocycles. The number of aromatic amines is 1. The monoisotopic (exact) mass is 233 g/mol. The fourth-order valence-electron chi connectivity index (χ4n) is 0.911. The molecule has 0 spiro atoms. The first-order chi connectivity index (χ1) is 6.97. The summed E-state index contributed by atoms with van der Waals surface area (Å²) in [5.41, 5.74) is 0. The van der Waals surface area contributed by atoms with Crippen molar-refractivity contribution in [2.24, 2.45) is 0 Å². The van der Waals surface area contributed by atoms with Gasteiger partial charge in [-0.2, -0.15) is 4.72 Å². The molecular formula is C7H11N3O4S. The van der Waals surface area contributed by atoms with Crippen molar-refractivity contribution < 1.29 is 17.9 Å². The molecule has 84 valence electrons. The third-order valence-electron chi connectivity index (χ3n) is 1.65. The maximum atomic E-state index is 11.5. The Morgan fingerprint density at radius 2 is 2.33 bits per heavy atom. The van der Waals surface area contributed by atoms with Gasteiger partial charge in [-0.15, -0.1) is 0 Å². The smallest absolute Gasteiger partial charge is 0.323 e. The topological polar surface area (TPSA) is 101 Å². The van der Waals surface area contributed by atoms with E-state index in [2.05, 4.69) is 19.4 Å². The average molecular weight is 233 g/mol. The van der Waals surface area contributed by atoms with Gasteiger partial charge in [0.25, 0.3) is 10.0 Å². The van der Waals surface area contributed by atoms with Gasteiger partial charge >= 0.3 is 5.97 Å². The summed E-state index contributed by atoms with van der Waals surface area (Å²) >= 11 is 0. The van der Waals surface area contributed by atoms with Gasteiger partial charge in [-0.25, -0.2) is 13.4 Å². The number of carbonyl (C=O) groups is 1. The molecule has 1 heterocycles. The number of ether oxygens (including phenoxy) is 1. The lowest BCUT2D eigenvalue weighted by Crippen LogP contribution is -2.39. The van der Waals surface area contributed by atoms with Gasteiger partial charge < -0.3 is 9.72 Å². The molecule has 0 aliphatic carbocycles. The zero-order chi connectivity index (χ0) is 11.5. The van der Waals surface area contributed by atoms with Crippen LogP contribution in [0.3, 0.4) is 0 Å². The molecular weight excluding hydrogens is 222 g/mol. The predicted octanol–water partition coefficient (Wildman–Crippen LogP) is -0.751. The van der Waals surface area contributed by atoms with E-state index >= 15 is 0 Å². The van der Waals surface area contributed by atoms with Gasteiger partial charge in [0.15, 0.2) is 5.03 Å². The van der Waals surface area contributed by atoms with Gasteiger partial charge in [0.1, 0.15) is 6.04 Å². The molecule has 1 atom stereocenters. The highest BCUT2D eigenvalue weighted by Gasteiger charge is 2.23. The Morgan fingerprint density at radius 1 is 1.67 bits per heavy atom. The molecule has 1 rings (SSSR count). The summed E-state index contributed by atoms with van der Waals surface area (Å²) in [7, 11) is -2.56. The highest BCUT2D eigenvalue weighted by molar-refractivity contribution is 7.89. The first-order valence-electron chi connectivity index (χ1n) is 4.06. The van der Waals surface area contributed by atoms with Crippen LogP contribution in [0.2, 0.25) is 0 Å². The van der Waals surface area contributed by atoms with E-state index in [0.29, 0.717) is 0 Å². The molecule has 7 nitrogen and oxygen atoms in total. The quantitative estimate of drug-likeness (QED) is 0.666. The third-order valence-corrected chi connectivity index (χ3v) is 3.12. The van der Waals surface area contributed by atoms with Crippen molar-refractivity contribution in [3.63, 3.8) is 0 Å². The van der Waals surface area contributed by atoms with Crippen molar-refractivity contribution in [2.75, 3.05) is 7.11 Å². The van der Waals surface area contributed by atoms with E-state index in [4.69, 9.17) is 0 Å². The van der Waals surface area contributed by atoms with Crippen molar-refractivity contribution in [3.8, 4) is 0 Å². The predicted molar refractivity (Wildman–Crippen MR) is 50.4 cm³/mol. The van der Waals surface area contributed by atoms with Gasteiger partial charge in [-0.1, -0.05) is 0 Å². The summed E-state index contributed by atoms with van der Waals surface area (Å²) in [5, 5.41) is -0.0988. The summed E-state index contributed by atoms with van der Waals surface area (Å²) in [6.07, 6.45) is 2.38. The Bertz CT molecular complexity index is 425. The Labute approximate surface area is 86.9 Å². The highest BCUT2D eigenvalue weighted by atomic mass is 32.2. The number of nitrogens with one attached hydrogen (secondary N) is 2. The lowest BCUT2D eigenvalue weighted by atomic mass is 10.4. The van der Waals surface area contributed by atoms with Gasteiger partial charge in [0.05, 0.1) is 19.6 Å². The minimum atomic E-state index is -3.74. The zero-order valence-electron chi connectivity index (χ0n) is 8.22. The molecule has 0 radical (unpaired) electrons. The van der Waals surface area contributed by atoms with Crippen LogP contribution < -0.4 is 4.72 Å². The fraction of sp³-hybridized carbons (Fsp3) is 0.429. The maximum absolute atomic E-state index is 11.5. The number of sulfonamides is 1. The van der Waals surface area contributed by atoms with E-state index in [-0.39, 0.29) is 5.03 Å². The van der Waals surface area contributed by atoms with Crippen molar-refractivity contribution in [1.82, 2.24) is 14.7 Å². The average Bonchev–Trinajstić information content (AvgIpc) is 2.69. The number of esters is 1. The molecule has 0 aromatic carbocycles. The second kappa shape index (κ2) is 4.41. The number of methoxy groups -OCH3 is 1. The Morgan fingerprint density at radius 3 is 2.80 bits per heavy atom. The summed E-state index contributed by atoms with van der Waals surface area (Å²) in [4.78, 5) is 17.0. The number of rotatable bonds is 4. The van der Waals surface area contributed by atoms with Crippen molar-refractivity contribution in [2.45, 2.75) is 18.0 Å². The van der Waals surface area contributed by atoms with Crippen LogP contribution in [0.15, 0.2) is 17.6 Å². The van der Waals surface area contributed by atoms with Crippen LogP contribution in [0.5, 0.6) is 0 Å². The van der Waals surface area contributed by atoms with Gasteiger partial charge in [-0.3, -0.25) is 4.79 Å². The molecule has 0 saturated carbocycles. The molecule has 0 aliphatic rings. The molecule has 2 N–H and O–H groups in total. The molecule has 0 bridgehead atoms. The number of hydrogen-bond acceptors (Lipinski definition) is 5. The molecule has 1 unspecified atom stereocenters. The molecule has 0 fully saturated rings. The van der Waals surface area contributed by atoms with E-state index < -0.39 is 22.0 Å². The minimum absolute atomic E-state index is 0.0988. The first-order valence-corrected chi connectivity index (χ1v) is 5.54. The molecule has 0 aliphatic heterocycles. The Hall–Kier alpha value is -1.41. The third kappa shape index (κ3) is 2.77. The molecule has 0 amide bonds. The Kier molecular flexibility index (Phi) is 3.43. The molecule has 1 aromatic heterocycles. The van der Waals surface area contributed by atoms with Crippen LogP contribution in [0.25, 0.3) is 0 Å². The van der Waals surface area contributed by atoms with Gasteiger partial charge in [0, 0.05) is 0 Å². The number of hydrogen-bond donors (Lipinski definition) is 2. The number of H-pyrrole nitrogens is 1. The largest absolute Gasteiger partial charge is 0.468 e. The Balaban J connectivity index is 2.78. The van der Waals surface area contributed by atoms with Crippen LogP contribution >= 0.6 is 0 Å². The number of carbonyl (C=O) groups excluding carboxylic acids is 1. The normalized spacial score (nSPS) is 13.5.